The van der Waals surface area contributed by atoms with Gasteiger partial charge in [-0.15, -0.1) is 0 Å². The minimum atomic E-state index is 0.612. The molecule has 0 fully saturated rings. The molecule has 0 saturated carbocycles. The second-order valence-electron chi connectivity index (χ2n) is 3.90. The van der Waals surface area contributed by atoms with Gasteiger partial charge < -0.3 is 9.42 Å². The Morgan fingerprint density at radius 3 is 2.75 bits per heavy atom. The minimum Gasteiger partial charge on any atom is -0.344 e. The highest BCUT2D eigenvalue weighted by molar-refractivity contribution is 5.23. The van der Waals surface area contributed by atoms with E-state index in [9.17, 15) is 0 Å². The Kier molecular flexibility index (Phi) is 2.89. The first-order valence-corrected chi connectivity index (χ1v) is 5.12. The molecule has 0 N–H and O–H groups in total. The Balaban J connectivity index is 1.94. The summed E-state index contributed by atoms with van der Waals surface area (Å²) in [5.41, 5.74) is 1.17. The summed E-state index contributed by atoms with van der Waals surface area (Å²) in [5, 5.41) is 7.96. The fourth-order valence-corrected chi connectivity index (χ4v) is 1.38. The van der Waals surface area contributed by atoms with Gasteiger partial charge in [0.1, 0.15) is 0 Å². The highest BCUT2D eigenvalue weighted by atomic mass is 16.5. The van der Waals surface area contributed by atoms with Crippen LogP contribution < -0.4 is 4.90 Å². The monoisotopic (exact) mass is 221 g/mol. The molecule has 0 aliphatic heterocycles. The van der Waals surface area contributed by atoms with Gasteiger partial charge in [0.25, 0.3) is 5.95 Å². The molecule has 6 nitrogen and oxygen atoms in total. The van der Waals surface area contributed by atoms with Gasteiger partial charge in [0, 0.05) is 33.8 Å². The van der Waals surface area contributed by atoms with Crippen LogP contribution in [0.25, 0.3) is 0 Å². The minimum absolute atomic E-state index is 0.612. The first kappa shape index (κ1) is 10.7. The molecule has 0 amide bonds. The second-order valence-corrected chi connectivity index (χ2v) is 3.90. The standard InChI is InChI=1S/C10H15N5O/c1-14(2)10-12-9(16-13-10)5-4-8-6-11-15(3)7-8/h6-7H,4-5H2,1-3H3. The van der Waals surface area contributed by atoms with Gasteiger partial charge >= 0.3 is 0 Å². The zero-order valence-electron chi connectivity index (χ0n) is 9.71. The summed E-state index contributed by atoms with van der Waals surface area (Å²) < 4.78 is 6.91. The lowest BCUT2D eigenvalue weighted by atomic mass is 10.2. The molecular weight excluding hydrogens is 206 g/mol. The molecular formula is C10H15N5O. The molecule has 0 aliphatic carbocycles. The molecule has 0 unspecified atom stereocenters. The Hall–Kier alpha value is -1.85. The fraction of sp³-hybridized carbons (Fsp3) is 0.500. The van der Waals surface area contributed by atoms with Gasteiger partial charge in [-0.1, -0.05) is 0 Å². The Bertz CT molecular complexity index is 459. The lowest BCUT2D eigenvalue weighted by molar-refractivity contribution is 0.378. The number of hydrogen-bond donors (Lipinski definition) is 0. The van der Waals surface area contributed by atoms with Crippen LogP contribution in [-0.2, 0) is 19.9 Å². The van der Waals surface area contributed by atoms with Crippen LogP contribution in [0.4, 0.5) is 5.95 Å². The maximum Gasteiger partial charge on any atom is 0.265 e. The Morgan fingerprint density at radius 1 is 1.38 bits per heavy atom. The van der Waals surface area contributed by atoms with E-state index in [-0.39, 0.29) is 0 Å². The summed E-state index contributed by atoms with van der Waals surface area (Å²) in [6.45, 7) is 0. The molecule has 6 heteroatoms. The van der Waals surface area contributed by atoms with Crippen LogP contribution in [0.15, 0.2) is 16.9 Å². The number of hydrogen-bond acceptors (Lipinski definition) is 5. The average Bonchev–Trinajstić information content (AvgIpc) is 2.83. The summed E-state index contributed by atoms with van der Waals surface area (Å²) in [5.74, 6) is 1.27. The first-order valence-electron chi connectivity index (χ1n) is 5.12. The van der Waals surface area contributed by atoms with Crippen molar-refractivity contribution in [3.63, 3.8) is 0 Å². The molecule has 0 bridgehead atoms. The van der Waals surface area contributed by atoms with Gasteiger partial charge in [-0.25, -0.2) is 0 Å². The zero-order chi connectivity index (χ0) is 11.5. The van der Waals surface area contributed by atoms with E-state index in [4.69, 9.17) is 4.52 Å². The fourth-order valence-electron chi connectivity index (χ4n) is 1.38. The van der Waals surface area contributed by atoms with Crippen LogP contribution in [0.2, 0.25) is 0 Å². The van der Waals surface area contributed by atoms with Gasteiger partial charge in [0.05, 0.1) is 6.20 Å². The third-order valence-electron chi connectivity index (χ3n) is 2.24. The van der Waals surface area contributed by atoms with E-state index < -0.39 is 0 Å². The topological polar surface area (TPSA) is 60.0 Å². The van der Waals surface area contributed by atoms with Crippen molar-refractivity contribution in [1.82, 2.24) is 19.9 Å². The smallest absolute Gasteiger partial charge is 0.265 e. The van der Waals surface area contributed by atoms with Gasteiger partial charge in [0.15, 0.2) is 0 Å². The zero-order valence-corrected chi connectivity index (χ0v) is 9.71. The van der Waals surface area contributed by atoms with Crippen molar-refractivity contribution in [3.8, 4) is 0 Å². The van der Waals surface area contributed by atoms with Crippen molar-refractivity contribution in [2.45, 2.75) is 12.8 Å². The molecule has 2 rings (SSSR count). The molecule has 0 aliphatic rings. The maximum atomic E-state index is 5.12. The van der Waals surface area contributed by atoms with Gasteiger partial charge in [-0.3, -0.25) is 4.68 Å². The largest absolute Gasteiger partial charge is 0.344 e. The average molecular weight is 221 g/mol. The summed E-state index contributed by atoms with van der Waals surface area (Å²) >= 11 is 0. The summed E-state index contributed by atoms with van der Waals surface area (Å²) in [6, 6.07) is 0. The number of nitrogens with zero attached hydrogens (tertiary/aromatic N) is 5. The van der Waals surface area contributed by atoms with E-state index in [0.717, 1.165) is 12.8 Å². The van der Waals surface area contributed by atoms with Crippen LogP contribution in [0, 0.1) is 0 Å². The van der Waals surface area contributed by atoms with Crippen molar-refractivity contribution in [3.05, 3.63) is 23.8 Å². The van der Waals surface area contributed by atoms with Crippen molar-refractivity contribution < 1.29 is 4.52 Å². The molecule has 2 aromatic heterocycles. The number of rotatable bonds is 4. The molecule has 2 heterocycles. The molecule has 86 valence electrons. The van der Waals surface area contributed by atoms with E-state index in [1.807, 2.05) is 38.4 Å². The molecule has 16 heavy (non-hydrogen) atoms. The van der Waals surface area contributed by atoms with Gasteiger partial charge in [-0.05, 0) is 17.1 Å². The van der Waals surface area contributed by atoms with Crippen LogP contribution in [0.3, 0.4) is 0 Å². The lowest BCUT2D eigenvalue weighted by Gasteiger charge is -2.02. The molecule has 0 radical (unpaired) electrons. The van der Waals surface area contributed by atoms with Crippen LogP contribution in [0.5, 0.6) is 0 Å². The Labute approximate surface area is 93.9 Å². The van der Waals surface area contributed by atoms with Crippen LogP contribution >= 0.6 is 0 Å². The van der Waals surface area contributed by atoms with E-state index in [1.165, 1.54) is 5.56 Å². The van der Waals surface area contributed by atoms with E-state index >= 15 is 0 Å². The first-order chi connectivity index (χ1) is 7.65. The lowest BCUT2D eigenvalue weighted by Crippen LogP contribution is -2.10. The van der Waals surface area contributed by atoms with Gasteiger partial charge in [-0.2, -0.15) is 10.1 Å². The summed E-state index contributed by atoms with van der Waals surface area (Å²) in [7, 11) is 5.67. The van der Waals surface area contributed by atoms with E-state index in [0.29, 0.717) is 11.8 Å². The van der Waals surface area contributed by atoms with Crippen molar-refractivity contribution >= 4 is 5.95 Å². The number of anilines is 1. The highest BCUT2D eigenvalue weighted by Crippen LogP contribution is 2.08. The Morgan fingerprint density at radius 2 is 2.19 bits per heavy atom. The molecule has 0 atom stereocenters. The molecule has 0 aromatic carbocycles. The van der Waals surface area contributed by atoms with E-state index in [2.05, 4.69) is 15.2 Å². The number of aromatic nitrogens is 4. The molecule has 0 spiro atoms. The molecule has 0 saturated heterocycles. The quantitative estimate of drug-likeness (QED) is 0.758. The predicted molar refractivity (Wildman–Crippen MR) is 59.2 cm³/mol. The van der Waals surface area contributed by atoms with Gasteiger partial charge in [0.2, 0.25) is 5.89 Å². The third-order valence-corrected chi connectivity index (χ3v) is 2.24. The van der Waals surface area contributed by atoms with Crippen LogP contribution in [0.1, 0.15) is 11.5 Å². The third kappa shape index (κ3) is 2.39. The SMILES string of the molecule is CN(C)c1noc(CCc2cnn(C)c2)n1. The van der Waals surface area contributed by atoms with E-state index in [1.54, 1.807) is 4.68 Å². The summed E-state index contributed by atoms with van der Waals surface area (Å²) in [6.07, 6.45) is 5.45. The predicted octanol–water partition coefficient (Wildman–Crippen LogP) is 0.654. The van der Waals surface area contributed by atoms with Crippen LogP contribution in [-0.4, -0.2) is 34.0 Å². The van der Waals surface area contributed by atoms with Crippen molar-refractivity contribution in [1.29, 1.82) is 0 Å². The number of aryl methyl sites for hydroxylation is 3. The van der Waals surface area contributed by atoms with Crippen molar-refractivity contribution in [2.24, 2.45) is 7.05 Å². The second kappa shape index (κ2) is 4.34. The normalized spacial score (nSPS) is 10.7. The van der Waals surface area contributed by atoms with Crippen molar-refractivity contribution in [2.75, 3.05) is 19.0 Å². The summed E-state index contributed by atoms with van der Waals surface area (Å²) in [4.78, 5) is 6.07. The highest BCUT2D eigenvalue weighted by Gasteiger charge is 2.08. The maximum absolute atomic E-state index is 5.12. The molecule has 2 aromatic rings.